The van der Waals surface area contributed by atoms with Crippen molar-refractivity contribution in [3.63, 3.8) is 0 Å². The number of halogens is 8. The van der Waals surface area contributed by atoms with Crippen LogP contribution in [0, 0.1) is 0 Å². The normalized spacial score (nSPS) is 13.1. The highest BCUT2D eigenvalue weighted by atomic mass is 19.4. The topological polar surface area (TPSA) is 26.3 Å². The van der Waals surface area contributed by atoms with Crippen LogP contribution < -0.4 is 4.74 Å². The van der Waals surface area contributed by atoms with Crippen LogP contribution in [0.3, 0.4) is 0 Å². The average Bonchev–Trinajstić information content (AvgIpc) is 2.33. The van der Waals surface area contributed by atoms with E-state index in [1.807, 2.05) is 0 Å². The number of aldehydes is 1. The molecular formula is C11H6F8O2. The van der Waals surface area contributed by atoms with E-state index in [1.54, 1.807) is 0 Å². The number of hydrogen-bond donors (Lipinski definition) is 0. The van der Waals surface area contributed by atoms with Gasteiger partial charge < -0.3 is 4.74 Å². The second-order valence-corrected chi connectivity index (χ2v) is 3.83. The Morgan fingerprint density at radius 2 is 1.57 bits per heavy atom. The van der Waals surface area contributed by atoms with Gasteiger partial charge in [0.15, 0.2) is 12.9 Å². The number of carbonyl (C=O) groups excluding carboxylic acids is 1. The predicted octanol–water partition coefficient (Wildman–Crippen LogP) is 4.09. The van der Waals surface area contributed by atoms with Crippen LogP contribution in [-0.2, 0) is 6.18 Å². The molecule has 2 nitrogen and oxygen atoms in total. The van der Waals surface area contributed by atoms with E-state index >= 15 is 0 Å². The van der Waals surface area contributed by atoms with Gasteiger partial charge in [0.05, 0.1) is 11.1 Å². The highest BCUT2D eigenvalue weighted by Crippen LogP contribution is 2.40. The maximum absolute atomic E-state index is 12.7. The van der Waals surface area contributed by atoms with Gasteiger partial charge in [0.1, 0.15) is 5.75 Å². The number of hydrogen-bond acceptors (Lipinski definition) is 2. The molecule has 0 spiro atoms. The Balaban J connectivity index is 3.16. The zero-order chi connectivity index (χ0) is 16.5. The van der Waals surface area contributed by atoms with E-state index in [2.05, 4.69) is 4.74 Å². The van der Waals surface area contributed by atoms with Crippen LogP contribution in [0.25, 0.3) is 0 Å². The summed E-state index contributed by atoms with van der Waals surface area (Å²) in [7, 11) is 0. The van der Waals surface area contributed by atoms with Crippen molar-refractivity contribution in [1.29, 1.82) is 0 Å². The first-order valence-corrected chi connectivity index (χ1v) is 5.13. The van der Waals surface area contributed by atoms with E-state index in [-0.39, 0.29) is 6.29 Å². The molecule has 0 aliphatic heterocycles. The van der Waals surface area contributed by atoms with Gasteiger partial charge in [-0.25, -0.2) is 0 Å². The Hall–Kier alpha value is -1.87. The molecule has 0 saturated heterocycles. The number of ether oxygens (including phenoxy) is 1. The maximum atomic E-state index is 12.7. The Kier molecular flexibility index (Phi) is 4.49. The zero-order valence-electron chi connectivity index (χ0n) is 9.86. The monoisotopic (exact) mass is 322 g/mol. The van der Waals surface area contributed by atoms with Gasteiger partial charge in [0.25, 0.3) is 0 Å². The molecule has 0 bridgehead atoms. The van der Waals surface area contributed by atoms with Gasteiger partial charge in [-0.05, 0) is 12.1 Å². The zero-order valence-corrected chi connectivity index (χ0v) is 9.86. The van der Waals surface area contributed by atoms with E-state index < -0.39 is 41.8 Å². The average molecular weight is 322 g/mol. The molecule has 0 radical (unpaired) electrons. The molecule has 0 heterocycles. The van der Waals surface area contributed by atoms with Crippen molar-refractivity contribution < 1.29 is 44.7 Å². The number of alkyl halides is 8. The first-order chi connectivity index (χ1) is 9.40. The molecule has 0 atom stereocenters. The minimum absolute atomic E-state index is 0.143. The smallest absolute Gasteiger partial charge is 0.456 e. The van der Waals surface area contributed by atoms with Crippen molar-refractivity contribution in [2.75, 3.05) is 6.61 Å². The standard InChI is InChI=1S/C11H6F8O2/c12-9(13,11(17,18)19)5-21-8-6(4-20)2-1-3-7(8)10(14,15)16/h1-4H,5H2. The molecule has 10 heteroatoms. The molecule has 0 aliphatic carbocycles. The van der Waals surface area contributed by atoms with Crippen molar-refractivity contribution in [2.24, 2.45) is 0 Å². The lowest BCUT2D eigenvalue weighted by Crippen LogP contribution is -2.42. The minimum atomic E-state index is -5.98. The molecule has 1 aromatic carbocycles. The summed E-state index contributed by atoms with van der Waals surface area (Å²) in [4.78, 5) is 10.6. The molecular weight excluding hydrogens is 316 g/mol. The summed E-state index contributed by atoms with van der Waals surface area (Å²) in [5.74, 6) is -6.73. The molecule has 1 rings (SSSR count). The summed E-state index contributed by atoms with van der Waals surface area (Å²) < 4.78 is 103. The first-order valence-electron chi connectivity index (χ1n) is 5.13. The first kappa shape index (κ1) is 17.2. The third-order valence-electron chi connectivity index (χ3n) is 2.29. The largest absolute Gasteiger partial charge is 0.486 e. The second-order valence-electron chi connectivity index (χ2n) is 3.83. The van der Waals surface area contributed by atoms with Crippen molar-refractivity contribution in [3.8, 4) is 5.75 Å². The number of benzene rings is 1. The molecule has 0 aliphatic rings. The summed E-state index contributed by atoms with van der Waals surface area (Å²) in [6.45, 7) is -2.37. The minimum Gasteiger partial charge on any atom is -0.486 e. The van der Waals surface area contributed by atoms with E-state index in [0.717, 1.165) is 12.1 Å². The number of rotatable bonds is 4. The van der Waals surface area contributed by atoms with Crippen LogP contribution in [0.5, 0.6) is 5.75 Å². The molecule has 21 heavy (non-hydrogen) atoms. The lowest BCUT2D eigenvalue weighted by molar-refractivity contribution is -0.290. The van der Waals surface area contributed by atoms with Gasteiger partial charge >= 0.3 is 18.3 Å². The lowest BCUT2D eigenvalue weighted by atomic mass is 10.1. The summed E-state index contributed by atoms with van der Waals surface area (Å²) in [6, 6.07) is 1.98. The van der Waals surface area contributed by atoms with Crippen LogP contribution in [0.2, 0.25) is 0 Å². The summed E-state index contributed by atoms with van der Waals surface area (Å²) in [5, 5.41) is 0. The van der Waals surface area contributed by atoms with Crippen LogP contribution in [-0.4, -0.2) is 25.0 Å². The molecule has 118 valence electrons. The molecule has 0 saturated carbocycles. The van der Waals surface area contributed by atoms with Gasteiger partial charge in [-0.15, -0.1) is 0 Å². The lowest BCUT2D eigenvalue weighted by Gasteiger charge is -2.22. The molecule has 1 aromatic rings. The Labute approximate surface area is 112 Å². The number of carbonyl (C=O) groups is 1. The van der Waals surface area contributed by atoms with Crippen molar-refractivity contribution in [3.05, 3.63) is 29.3 Å². The maximum Gasteiger partial charge on any atom is 0.456 e. The Bertz CT molecular complexity index is 518. The quantitative estimate of drug-likeness (QED) is 0.616. The van der Waals surface area contributed by atoms with Crippen LogP contribution in [0.4, 0.5) is 35.1 Å². The van der Waals surface area contributed by atoms with E-state index in [9.17, 15) is 39.9 Å². The van der Waals surface area contributed by atoms with Gasteiger partial charge in [-0.2, -0.15) is 35.1 Å². The van der Waals surface area contributed by atoms with Crippen molar-refractivity contribution in [2.45, 2.75) is 18.3 Å². The van der Waals surface area contributed by atoms with Crippen molar-refractivity contribution >= 4 is 6.29 Å². The predicted molar refractivity (Wildman–Crippen MR) is 53.3 cm³/mol. The Morgan fingerprint density at radius 3 is 2.00 bits per heavy atom. The summed E-state index contributed by atoms with van der Waals surface area (Å²) in [5.41, 5.74) is -2.41. The van der Waals surface area contributed by atoms with E-state index in [4.69, 9.17) is 0 Å². The second kappa shape index (κ2) is 5.49. The molecule has 0 amide bonds. The highest BCUT2D eigenvalue weighted by molar-refractivity contribution is 5.80. The molecule has 0 unspecified atom stereocenters. The van der Waals surface area contributed by atoms with Crippen LogP contribution >= 0.6 is 0 Å². The molecule has 0 N–H and O–H groups in total. The van der Waals surface area contributed by atoms with Gasteiger partial charge in [-0.1, -0.05) is 6.07 Å². The third-order valence-corrected chi connectivity index (χ3v) is 2.29. The van der Waals surface area contributed by atoms with Gasteiger partial charge in [-0.3, -0.25) is 4.79 Å². The van der Waals surface area contributed by atoms with Crippen LogP contribution in [0.1, 0.15) is 15.9 Å². The SMILES string of the molecule is O=Cc1cccc(C(F)(F)F)c1OCC(F)(F)C(F)(F)F. The summed E-state index contributed by atoms with van der Waals surface area (Å²) >= 11 is 0. The molecule has 0 fully saturated rings. The molecule has 0 aromatic heterocycles. The fourth-order valence-corrected chi connectivity index (χ4v) is 1.28. The van der Waals surface area contributed by atoms with E-state index in [1.165, 1.54) is 0 Å². The fraction of sp³-hybridized carbons (Fsp3) is 0.364. The van der Waals surface area contributed by atoms with Gasteiger partial charge in [0.2, 0.25) is 0 Å². The third kappa shape index (κ3) is 3.82. The van der Waals surface area contributed by atoms with Crippen molar-refractivity contribution in [1.82, 2.24) is 0 Å². The van der Waals surface area contributed by atoms with Gasteiger partial charge in [0, 0.05) is 0 Å². The van der Waals surface area contributed by atoms with E-state index in [0.29, 0.717) is 6.07 Å². The Morgan fingerprint density at radius 1 is 1.00 bits per heavy atom. The summed E-state index contributed by atoms with van der Waals surface area (Å²) in [6.07, 6.45) is -11.2. The van der Waals surface area contributed by atoms with Crippen LogP contribution in [0.15, 0.2) is 18.2 Å². The highest BCUT2D eigenvalue weighted by Gasteiger charge is 2.58. The number of para-hydroxylation sites is 1. The fourth-order valence-electron chi connectivity index (χ4n) is 1.28.